The number of benzene rings is 1. The third-order valence-electron chi connectivity index (χ3n) is 3.86. The predicted octanol–water partition coefficient (Wildman–Crippen LogP) is 3.30. The van der Waals surface area contributed by atoms with Crippen LogP contribution in [0.5, 0.6) is 5.75 Å². The fourth-order valence-corrected chi connectivity index (χ4v) is 2.60. The van der Waals surface area contributed by atoms with Crippen molar-refractivity contribution in [2.45, 2.75) is 6.10 Å². The van der Waals surface area contributed by atoms with Crippen LogP contribution in [-0.4, -0.2) is 33.5 Å². The molecule has 0 aliphatic heterocycles. The molecule has 0 radical (unpaired) electrons. The van der Waals surface area contributed by atoms with Crippen LogP contribution in [0.2, 0.25) is 0 Å². The molecule has 0 bridgehead atoms. The van der Waals surface area contributed by atoms with E-state index in [0.717, 1.165) is 22.7 Å². The van der Waals surface area contributed by atoms with E-state index in [0.29, 0.717) is 11.4 Å². The molecule has 28 heavy (non-hydrogen) atoms. The molecule has 0 saturated heterocycles. The first-order chi connectivity index (χ1) is 13.7. The van der Waals surface area contributed by atoms with Gasteiger partial charge in [-0.15, -0.1) is 10.2 Å². The third-order valence-corrected chi connectivity index (χ3v) is 3.86. The second-order valence-corrected chi connectivity index (χ2v) is 5.72. The zero-order valence-corrected chi connectivity index (χ0v) is 14.7. The van der Waals surface area contributed by atoms with Crippen LogP contribution in [0.1, 0.15) is 23.3 Å². The molecule has 4 aromatic rings. The molecule has 0 saturated carbocycles. The molecule has 0 aliphatic rings. The Kier molecular flexibility index (Phi) is 4.87. The molecule has 3 aromatic heterocycles. The van der Waals surface area contributed by atoms with Crippen molar-refractivity contribution in [1.82, 2.24) is 20.2 Å². The highest BCUT2D eigenvalue weighted by atomic mass is 19.1. The van der Waals surface area contributed by atoms with E-state index >= 15 is 0 Å². The molecule has 3 heterocycles. The van der Waals surface area contributed by atoms with E-state index in [1.54, 1.807) is 18.5 Å². The van der Waals surface area contributed by atoms with Gasteiger partial charge in [0.05, 0.1) is 23.6 Å². The normalized spacial score (nSPS) is 12.4. The Balaban J connectivity index is 1.68. The Morgan fingerprint density at radius 3 is 2.82 bits per heavy atom. The van der Waals surface area contributed by atoms with Crippen LogP contribution in [-0.2, 0) is 4.84 Å². The summed E-state index contributed by atoms with van der Waals surface area (Å²) in [6, 6.07) is 10.1. The monoisotopic (exact) mass is 379 g/mol. The van der Waals surface area contributed by atoms with Gasteiger partial charge in [-0.2, -0.15) is 0 Å². The molecule has 0 aliphatic carbocycles. The van der Waals surface area contributed by atoms with E-state index in [1.807, 2.05) is 18.2 Å². The Bertz CT molecular complexity index is 1100. The molecule has 0 spiro atoms. The van der Waals surface area contributed by atoms with Crippen LogP contribution in [0.25, 0.3) is 10.9 Å². The molecule has 0 unspecified atom stereocenters. The molecule has 8 nitrogen and oxygen atoms in total. The lowest BCUT2D eigenvalue weighted by molar-refractivity contribution is 0.203. The van der Waals surface area contributed by atoms with E-state index in [-0.39, 0.29) is 5.89 Å². The molecule has 9 heteroatoms. The van der Waals surface area contributed by atoms with Gasteiger partial charge >= 0.3 is 0 Å². The summed E-state index contributed by atoms with van der Waals surface area (Å²) in [5.41, 5.74) is 2.00. The van der Waals surface area contributed by atoms with Gasteiger partial charge in [0, 0.05) is 17.1 Å². The summed E-state index contributed by atoms with van der Waals surface area (Å²) >= 11 is 0. The molecule has 1 aromatic carbocycles. The molecular formula is C19H14FN5O3. The van der Waals surface area contributed by atoms with Gasteiger partial charge < -0.3 is 14.0 Å². The summed E-state index contributed by atoms with van der Waals surface area (Å²) in [5.74, 6) is 0.290. The van der Waals surface area contributed by atoms with Crippen molar-refractivity contribution in [3.8, 4) is 5.75 Å². The summed E-state index contributed by atoms with van der Waals surface area (Å²) in [5, 5.41) is 12.2. The van der Waals surface area contributed by atoms with Gasteiger partial charge in [-0.25, -0.2) is 4.39 Å². The van der Waals surface area contributed by atoms with Crippen molar-refractivity contribution < 1.29 is 18.4 Å². The fraction of sp³-hybridized carbons (Fsp3) is 0.105. The first-order valence-corrected chi connectivity index (χ1v) is 8.23. The quantitative estimate of drug-likeness (QED) is 0.375. The lowest BCUT2D eigenvalue weighted by atomic mass is 10.1. The number of halogens is 1. The van der Waals surface area contributed by atoms with E-state index in [4.69, 9.17) is 14.0 Å². The number of oxime groups is 1. The van der Waals surface area contributed by atoms with Crippen molar-refractivity contribution in [1.29, 1.82) is 0 Å². The second kappa shape index (κ2) is 7.78. The standard InChI is InChI=1S/C19H14FN5O3/c1-26-24-9-12-6-13-7-15(3-5-16(13)21-8-12)28-18(19-25-23-11-27-19)17-4-2-14(20)10-22-17/h2-11,18H,1H3/b24-9+/t18-/m1/s1. The van der Waals surface area contributed by atoms with Gasteiger partial charge in [-0.3, -0.25) is 9.97 Å². The average Bonchev–Trinajstić information content (AvgIpc) is 3.25. The number of ether oxygens (including phenoxy) is 1. The molecule has 0 fully saturated rings. The van der Waals surface area contributed by atoms with E-state index in [9.17, 15) is 4.39 Å². The van der Waals surface area contributed by atoms with Crippen molar-refractivity contribution in [3.05, 3.63) is 78.2 Å². The zero-order valence-electron chi connectivity index (χ0n) is 14.7. The van der Waals surface area contributed by atoms with Crippen molar-refractivity contribution in [2.75, 3.05) is 7.11 Å². The van der Waals surface area contributed by atoms with E-state index in [1.165, 1.54) is 25.6 Å². The Morgan fingerprint density at radius 2 is 2.07 bits per heavy atom. The molecule has 0 N–H and O–H groups in total. The molecule has 0 amide bonds. The summed E-state index contributed by atoms with van der Waals surface area (Å²) in [6.07, 6.45) is 4.76. The van der Waals surface area contributed by atoms with Crippen molar-refractivity contribution >= 4 is 17.1 Å². The Labute approximate surface area is 158 Å². The zero-order chi connectivity index (χ0) is 19.3. The SMILES string of the molecule is CO/N=C/c1cnc2ccc(O[C@H](c3ccc(F)cn3)c3nnco3)cc2c1. The van der Waals surface area contributed by atoms with Crippen LogP contribution in [0.15, 0.2) is 64.8 Å². The highest BCUT2D eigenvalue weighted by molar-refractivity contribution is 5.88. The van der Waals surface area contributed by atoms with Crippen LogP contribution in [0, 0.1) is 5.82 Å². The van der Waals surface area contributed by atoms with Crippen LogP contribution in [0.4, 0.5) is 4.39 Å². The Morgan fingerprint density at radius 1 is 1.14 bits per heavy atom. The average molecular weight is 379 g/mol. The third kappa shape index (κ3) is 3.78. The molecule has 1 atom stereocenters. The largest absolute Gasteiger partial charge is 0.474 e. The van der Waals surface area contributed by atoms with E-state index in [2.05, 4.69) is 25.3 Å². The number of hydrogen-bond acceptors (Lipinski definition) is 8. The number of nitrogens with zero attached hydrogens (tertiary/aromatic N) is 5. The summed E-state index contributed by atoms with van der Waals surface area (Å²) in [4.78, 5) is 13.1. The number of hydrogen-bond donors (Lipinski definition) is 0. The molecular weight excluding hydrogens is 365 g/mol. The van der Waals surface area contributed by atoms with Crippen molar-refractivity contribution in [3.63, 3.8) is 0 Å². The van der Waals surface area contributed by atoms with Crippen LogP contribution in [0.3, 0.4) is 0 Å². The summed E-state index contributed by atoms with van der Waals surface area (Å²) in [6.45, 7) is 0. The van der Waals surface area contributed by atoms with Gasteiger partial charge in [0.2, 0.25) is 12.5 Å². The van der Waals surface area contributed by atoms with Gasteiger partial charge in [0.15, 0.2) is 0 Å². The van der Waals surface area contributed by atoms with Gasteiger partial charge in [0.1, 0.15) is 18.7 Å². The highest BCUT2D eigenvalue weighted by Crippen LogP contribution is 2.28. The molecule has 4 rings (SSSR count). The molecule has 140 valence electrons. The van der Waals surface area contributed by atoms with E-state index < -0.39 is 11.9 Å². The summed E-state index contributed by atoms with van der Waals surface area (Å²) in [7, 11) is 1.47. The predicted molar refractivity (Wildman–Crippen MR) is 97.3 cm³/mol. The highest BCUT2D eigenvalue weighted by Gasteiger charge is 2.23. The number of aromatic nitrogens is 4. The van der Waals surface area contributed by atoms with Gasteiger partial charge in [-0.1, -0.05) is 5.16 Å². The van der Waals surface area contributed by atoms with Crippen LogP contribution < -0.4 is 4.74 Å². The lowest BCUT2D eigenvalue weighted by Gasteiger charge is -2.15. The maximum absolute atomic E-state index is 13.2. The number of rotatable bonds is 6. The minimum absolute atomic E-state index is 0.207. The second-order valence-electron chi connectivity index (χ2n) is 5.72. The summed E-state index contributed by atoms with van der Waals surface area (Å²) < 4.78 is 24.6. The number of pyridine rings is 2. The first-order valence-electron chi connectivity index (χ1n) is 8.23. The van der Waals surface area contributed by atoms with Gasteiger partial charge in [0.25, 0.3) is 5.89 Å². The topological polar surface area (TPSA) is 95.5 Å². The fourth-order valence-electron chi connectivity index (χ4n) is 2.60. The Hall–Kier alpha value is -3.88. The first kappa shape index (κ1) is 17.5. The smallest absolute Gasteiger partial charge is 0.263 e. The maximum Gasteiger partial charge on any atom is 0.263 e. The maximum atomic E-state index is 13.2. The number of fused-ring (bicyclic) bond motifs is 1. The minimum Gasteiger partial charge on any atom is -0.474 e. The lowest BCUT2D eigenvalue weighted by Crippen LogP contribution is -2.12. The van der Waals surface area contributed by atoms with Crippen LogP contribution >= 0.6 is 0 Å². The minimum atomic E-state index is -0.785. The van der Waals surface area contributed by atoms with Gasteiger partial charge in [-0.05, 0) is 36.4 Å². The van der Waals surface area contributed by atoms with Crippen molar-refractivity contribution in [2.24, 2.45) is 5.16 Å².